The molecule has 0 bridgehead atoms. The van der Waals surface area contributed by atoms with Crippen molar-refractivity contribution in [1.82, 2.24) is 4.72 Å². The summed E-state index contributed by atoms with van der Waals surface area (Å²) in [7, 11) is -2.25. The quantitative estimate of drug-likeness (QED) is 0.686. The number of methoxy groups -OCH3 is 1. The van der Waals surface area contributed by atoms with Gasteiger partial charge in [-0.25, -0.2) is 13.1 Å². The van der Waals surface area contributed by atoms with E-state index in [1.165, 1.54) is 7.11 Å². The third-order valence-corrected chi connectivity index (χ3v) is 4.14. The standard InChI is InChI=1S/C13H19NO5S/c1-19-13(16)8-5-9-20(17,18)14-10-12(15)11-6-3-2-4-7-11/h2-4,6-7,12,14-15H,5,8-10H2,1H3. The summed E-state index contributed by atoms with van der Waals surface area (Å²) in [6.07, 6.45) is -0.659. The maximum Gasteiger partial charge on any atom is 0.305 e. The molecule has 0 spiro atoms. The van der Waals surface area contributed by atoms with Gasteiger partial charge in [-0.2, -0.15) is 0 Å². The van der Waals surface area contributed by atoms with E-state index in [9.17, 15) is 18.3 Å². The van der Waals surface area contributed by atoms with Crippen LogP contribution in [0.2, 0.25) is 0 Å². The minimum absolute atomic E-state index is 0.0542. The molecule has 0 fully saturated rings. The summed E-state index contributed by atoms with van der Waals surface area (Å²) in [6.45, 7) is -0.0927. The van der Waals surface area contributed by atoms with Crippen molar-refractivity contribution in [3.8, 4) is 0 Å². The van der Waals surface area contributed by atoms with Crippen molar-refractivity contribution in [2.75, 3.05) is 19.4 Å². The van der Waals surface area contributed by atoms with Gasteiger partial charge in [0, 0.05) is 13.0 Å². The molecule has 6 nitrogen and oxygen atoms in total. The molecule has 1 aromatic carbocycles. The van der Waals surface area contributed by atoms with Gasteiger partial charge in [0.2, 0.25) is 10.0 Å². The lowest BCUT2D eigenvalue weighted by Crippen LogP contribution is -2.30. The summed E-state index contributed by atoms with van der Waals surface area (Å²) in [5.74, 6) is -0.617. The van der Waals surface area contributed by atoms with Crippen LogP contribution in [0.4, 0.5) is 0 Å². The summed E-state index contributed by atoms with van der Waals surface area (Å²) < 4.78 is 30.1. The molecular weight excluding hydrogens is 282 g/mol. The lowest BCUT2D eigenvalue weighted by atomic mass is 10.1. The van der Waals surface area contributed by atoms with Gasteiger partial charge in [-0.3, -0.25) is 4.79 Å². The van der Waals surface area contributed by atoms with Crippen LogP contribution < -0.4 is 4.72 Å². The van der Waals surface area contributed by atoms with E-state index >= 15 is 0 Å². The highest BCUT2D eigenvalue weighted by atomic mass is 32.2. The van der Waals surface area contributed by atoms with Crippen LogP contribution in [0.5, 0.6) is 0 Å². The van der Waals surface area contributed by atoms with Crippen LogP contribution in [0.1, 0.15) is 24.5 Å². The fourth-order valence-electron chi connectivity index (χ4n) is 1.58. The molecule has 0 radical (unpaired) electrons. The Morgan fingerprint density at radius 2 is 2.00 bits per heavy atom. The van der Waals surface area contributed by atoms with E-state index in [0.717, 1.165) is 0 Å². The van der Waals surface area contributed by atoms with Crippen molar-refractivity contribution in [3.05, 3.63) is 35.9 Å². The molecule has 0 saturated carbocycles. The van der Waals surface area contributed by atoms with Crippen LogP contribution >= 0.6 is 0 Å². The minimum Gasteiger partial charge on any atom is -0.469 e. The van der Waals surface area contributed by atoms with E-state index in [0.29, 0.717) is 5.56 Å². The van der Waals surface area contributed by atoms with Gasteiger partial charge in [-0.1, -0.05) is 30.3 Å². The number of nitrogens with one attached hydrogen (secondary N) is 1. The molecule has 0 aliphatic heterocycles. The first-order valence-electron chi connectivity index (χ1n) is 6.22. The topological polar surface area (TPSA) is 92.7 Å². The van der Waals surface area contributed by atoms with Gasteiger partial charge in [0.1, 0.15) is 0 Å². The number of aliphatic hydroxyl groups excluding tert-OH is 1. The highest BCUT2D eigenvalue weighted by Gasteiger charge is 2.14. The predicted octanol–water partition coefficient (Wildman–Crippen LogP) is 0.593. The number of ether oxygens (including phenoxy) is 1. The number of hydrogen-bond acceptors (Lipinski definition) is 5. The number of carbonyl (C=O) groups excluding carboxylic acids is 1. The second kappa shape index (κ2) is 7.98. The van der Waals surface area contributed by atoms with E-state index in [4.69, 9.17) is 0 Å². The van der Waals surface area contributed by atoms with E-state index in [1.807, 2.05) is 6.07 Å². The molecule has 0 amide bonds. The number of benzene rings is 1. The van der Waals surface area contributed by atoms with Gasteiger partial charge in [-0.05, 0) is 12.0 Å². The molecule has 1 aromatic rings. The monoisotopic (exact) mass is 301 g/mol. The SMILES string of the molecule is COC(=O)CCCS(=O)(=O)NCC(O)c1ccccc1. The van der Waals surface area contributed by atoms with Crippen molar-refractivity contribution in [2.24, 2.45) is 0 Å². The molecule has 7 heteroatoms. The zero-order valence-electron chi connectivity index (χ0n) is 11.3. The molecule has 0 aliphatic carbocycles. The second-order valence-electron chi connectivity index (χ2n) is 4.27. The van der Waals surface area contributed by atoms with Crippen molar-refractivity contribution in [2.45, 2.75) is 18.9 Å². The molecule has 0 aliphatic rings. The third kappa shape index (κ3) is 6.14. The fraction of sp³-hybridized carbons (Fsp3) is 0.462. The average molecular weight is 301 g/mol. The molecule has 1 atom stereocenters. The fourth-order valence-corrected chi connectivity index (χ4v) is 2.66. The van der Waals surface area contributed by atoms with Crippen LogP contribution in [0.25, 0.3) is 0 Å². The molecule has 0 saturated heterocycles. The number of aliphatic hydroxyl groups is 1. The van der Waals surface area contributed by atoms with Crippen molar-refractivity contribution >= 4 is 16.0 Å². The smallest absolute Gasteiger partial charge is 0.305 e. The van der Waals surface area contributed by atoms with Crippen LogP contribution in [-0.4, -0.2) is 38.9 Å². The normalized spacial score (nSPS) is 12.9. The Kier molecular flexibility index (Phi) is 6.63. The van der Waals surface area contributed by atoms with Crippen molar-refractivity contribution in [1.29, 1.82) is 0 Å². The summed E-state index contributed by atoms with van der Waals surface area (Å²) in [6, 6.07) is 8.78. The van der Waals surface area contributed by atoms with Gasteiger partial charge < -0.3 is 9.84 Å². The number of esters is 1. The molecule has 1 unspecified atom stereocenters. The molecule has 20 heavy (non-hydrogen) atoms. The first-order chi connectivity index (χ1) is 9.44. The number of hydrogen-bond donors (Lipinski definition) is 2. The Labute approximate surface area is 118 Å². The van der Waals surface area contributed by atoms with Crippen LogP contribution in [0.15, 0.2) is 30.3 Å². The lowest BCUT2D eigenvalue weighted by molar-refractivity contribution is -0.140. The Bertz CT molecular complexity index is 515. The molecule has 0 heterocycles. The number of carbonyl (C=O) groups is 1. The van der Waals surface area contributed by atoms with Crippen molar-refractivity contribution in [3.63, 3.8) is 0 Å². The Morgan fingerprint density at radius 3 is 2.60 bits per heavy atom. The van der Waals surface area contributed by atoms with E-state index in [-0.39, 0.29) is 25.1 Å². The van der Waals surface area contributed by atoms with Gasteiger partial charge in [0.05, 0.1) is 19.0 Å². The first kappa shape index (κ1) is 16.6. The van der Waals surface area contributed by atoms with Crippen LogP contribution in [0.3, 0.4) is 0 Å². The second-order valence-corrected chi connectivity index (χ2v) is 6.20. The average Bonchev–Trinajstić information content (AvgIpc) is 2.45. The predicted molar refractivity (Wildman–Crippen MR) is 74.4 cm³/mol. The van der Waals surface area contributed by atoms with Crippen molar-refractivity contribution < 1.29 is 23.1 Å². The zero-order valence-corrected chi connectivity index (χ0v) is 12.1. The molecule has 112 valence electrons. The molecular formula is C13H19NO5S. The molecule has 1 rings (SSSR count). The van der Waals surface area contributed by atoms with E-state index in [1.54, 1.807) is 24.3 Å². The largest absolute Gasteiger partial charge is 0.469 e. The number of sulfonamides is 1. The Hall–Kier alpha value is -1.44. The van der Waals surface area contributed by atoms with Gasteiger partial charge in [0.15, 0.2) is 0 Å². The summed E-state index contributed by atoms with van der Waals surface area (Å²) in [5.41, 5.74) is 0.643. The van der Waals surface area contributed by atoms with Gasteiger partial charge in [0.25, 0.3) is 0 Å². The van der Waals surface area contributed by atoms with Gasteiger partial charge in [-0.15, -0.1) is 0 Å². The maximum atomic E-state index is 11.7. The summed E-state index contributed by atoms with van der Waals surface area (Å²) in [5, 5.41) is 9.83. The first-order valence-corrected chi connectivity index (χ1v) is 7.87. The third-order valence-electron chi connectivity index (χ3n) is 2.70. The summed E-state index contributed by atoms with van der Waals surface area (Å²) >= 11 is 0. The highest BCUT2D eigenvalue weighted by molar-refractivity contribution is 7.89. The Morgan fingerprint density at radius 1 is 1.35 bits per heavy atom. The highest BCUT2D eigenvalue weighted by Crippen LogP contribution is 2.11. The number of rotatable bonds is 8. The van der Waals surface area contributed by atoms with Crippen LogP contribution in [-0.2, 0) is 19.6 Å². The maximum absolute atomic E-state index is 11.7. The summed E-state index contributed by atoms with van der Waals surface area (Å²) in [4.78, 5) is 10.9. The minimum atomic E-state index is -3.51. The molecule has 0 aromatic heterocycles. The Balaban J connectivity index is 2.38. The van der Waals surface area contributed by atoms with Gasteiger partial charge >= 0.3 is 5.97 Å². The van der Waals surface area contributed by atoms with E-state index in [2.05, 4.69) is 9.46 Å². The van der Waals surface area contributed by atoms with Crippen LogP contribution in [0, 0.1) is 0 Å². The van der Waals surface area contributed by atoms with E-state index < -0.39 is 22.1 Å². The zero-order chi connectivity index (χ0) is 15.0. The lowest BCUT2D eigenvalue weighted by Gasteiger charge is -2.12. The molecule has 2 N–H and O–H groups in total.